The van der Waals surface area contributed by atoms with Gasteiger partial charge in [-0.05, 0) is 6.08 Å². The minimum absolute atomic E-state index is 0.889. The second kappa shape index (κ2) is 2.23. The van der Waals surface area contributed by atoms with Crippen LogP contribution in [-0.4, -0.2) is 37.1 Å². The van der Waals surface area contributed by atoms with Gasteiger partial charge in [0.1, 0.15) is 11.9 Å². The molecule has 0 amide bonds. The SMILES string of the molecule is CN1C=C2C=C[N+](C)(C)C2=CC1. The molecule has 0 aliphatic carbocycles. The summed E-state index contributed by atoms with van der Waals surface area (Å²) in [5.74, 6) is 0. The Bertz CT molecular complexity index is 295. The molecule has 2 aliphatic rings. The van der Waals surface area contributed by atoms with Gasteiger partial charge in [-0.15, -0.1) is 0 Å². The van der Waals surface area contributed by atoms with Crippen LogP contribution >= 0.6 is 0 Å². The molecule has 0 radical (unpaired) electrons. The standard InChI is InChI=1S/C10H15N2/c1-11-6-4-10-9(8-11)5-7-12(10,2)3/h4-5,7-8H,6H2,1-3H3/q+1. The normalized spacial score (nSPS) is 25.1. The molecule has 0 aromatic heterocycles. The quantitative estimate of drug-likeness (QED) is 0.487. The van der Waals surface area contributed by atoms with Gasteiger partial charge >= 0.3 is 0 Å². The zero-order valence-corrected chi connectivity index (χ0v) is 7.91. The molecular weight excluding hydrogens is 148 g/mol. The largest absolute Gasteiger partial charge is 0.376 e. The summed E-state index contributed by atoms with van der Waals surface area (Å²) in [7, 11) is 6.51. The molecule has 2 heteroatoms. The number of rotatable bonds is 0. The van der Waals surface area contributed by atoms with E-state index in [0.717, 1.165) is 11.0 Å². The van der Waals surface area contributed by atoms with E-state index in [-0.39, 0.29) is 0 Å². The third kappa shape index (κ3) is 0.994. The Hall–Kier alpha value is -1.02. The monoisotopic (exact) mass is 163 g/mol. The van der Waals surface area contributed by atoms with Crippen molar-refractivity contribution in [1.29, 1.82) is 0 Å². The summed E-state index contributed by atoms with van der Waals surface area (Å²) in [4.78, 5) is 2.20. The average molecular weight is 163 g/mol. The van der Waals surface area contributed by atoms with E-state index in [0.29, 0.717) is 0 Å². The maximum absolute atomic E-state index is 2.30. The molecule has 0 fully saturated rings. The molecule has 0 spiro atoms. The second-order valence-electron chi connectivity index (χ2n) is 3.97. The van der Waals surface area contributed by atoms with Gasteiger partial charge in [-0.25, -0.2) is 0 Å². The van der Waals surface area contributed by atoms with Crippen LogP contribution in [0, 0.1) is 0 Å². The summed E-state index contributed by atoms with van der Waals surface area (Å²) < 4.78 is 0.889. The summed E-state index contributed by atoms with van der Waals surface area (Å²) in [5.41, 5.74) is 2.78. The number of hydrogen-bond acceptors (Lipinski definition) is 1. The number of allylic oxidation sites excluding steroid dienone is 1. The van der Waals surface area contributed by atoms with Crippen LogP contribution in [0.1, 0.15) is 0 Å². The van der Waals surface area contributed by atoms with E-state index in [1.165, 1.54) is 11.3 Å². The summed E-state index contributed by atoms with van der Waals surface area (Å²) >= 11 is 0. The first-order valence-electron chi connectivity index (χ1n) is 4.26. The highest BCUT2D eigenvalue weighted by molar-refractivity contribution is 5.41. The first-order chi connectivity index (χ1) is 5.59. The van der Waals surface area contributed by atoms with Gasteiger partial charge in [0.2, 0.25) is 0 Å². The van der Waals surface area contributed by atoms with Gasteiger partial charge in [-0.3, -0.25) is 4.48 Å². The van der Waals surface area contributed by atoms with Crippen LogP contribution in [0.25, 0.3) is 0 Å². The van der Waals surface area contributed by atoms with Crippen molar-refractivity contribution >= 4 is 0 Å². The maximum atomic E-state index is 2.30. The van der Waals surface area contributed by atoms with Crippen LogP contribution in [0.5, 0.6) is 0 Å². The molecule has 2 rings (SSSR count). The molecule has 12 heavy (non-hydrogen) atoms. The average Bonchev–Trinajstić information content (AvgIpc) is 2.27. The lowest BCUT2D eigenvalue weighted by atomic mass is 10.1. The highest BCUT2D eigenvalue weighted by atomic mass is 15.3. The van der Waals surface area contributed by atoms with Gasteiger partial charge in [0.15, 0.2) is 0 Å². The van der Waals surface area contributed by atoms with E-state index in [4.69, 9.17) is 0 Å². The number of quaternary nitrogens is 1. The Kier molecular flexibility index (Phi) is 1.42. The lowest BCUT2D eigenvalue weighted by Gasteiger charge is -2.26. The summed E-state index contributed by atoms with van der Waals surface area (Å²) in [6.07, 6.45) is 8.92. The van der Waals surface area contributed by atoms with Crippen molar-refractivity contribution in [3.8, 4) is 0 Å². The summed E-state index contributed by atoms with van der Waals surface area (Å²) in [6, 6.07) is 0. The number of hydrogen-bond donors (Lipinski definition) is 0. The highest BCUT2D eigenvalue weighted by Gasteiger charge is 2.29. The van der Waals surface area contributed by atoms with E-state index in [1.54, 1.807) is 0 Å². The molecule has 0 atom stereocenters. The van der Waals surface area contributed by atoms with Gasteiger partial charge in [0.25, 0.3) is 0 Å². The molecule has 0 aromatic carbocycles. The van der Waals surface area contributed by atoms with Gasteiger partial charge in [0.05, 0.1) is 19.7 Å². The van der Waals surface area contributed by atoms with Crippen LogP contribution in [0.2, 0.25) is 0 Å². The molecule has 0 unspecified atom stereocenters. The van der Waals surface area contributed by atoms with E-state index in [9.17, 15) is 0 Å². The van der Waals surface area contributed by atoms with Crippen molar-refractivity contribution in [3.63, 3.8) is 0 Å². The van der Waals surface area contributed by atoms with Crippen LogP contribution in [0.4, 0.5) is 0 Å². The van der Waals surface area contributed by atoms with Gasteiger partial charge in [0, 0.05) is 25.9 Å². The molecule has 2 nitrogen and oxygen atoms in total. The smallest absolute Gasteiger partial charge is 0.143 e. The van der Waals surface area contributed by atoms with Crippen LogP contribution < -0.4 is 0 Å². The molecule has 0 saturated heterocycles. The first-order valence-corrected chi connectivity index (χ1v) is 4.26. The molecule has 0 aromatic rings. The molecular formula is C10H15N2+. The summed E-state index contributed by atoms with van der Waals surface area (Å²) in [5, 5.41) is 0. The Morgan fingerprint density at radius 1 is 1.42 bits per heavy atom. The van der Waals surface area contributed by atoms with Crippen molar-refractivity contribution in [2.45, 2.75) is 0 Å². The lowest BCUT2D eigenvalue weighted by molar-refractivity contribution is -0.792. The first kappa shape index (κ1) is 7.62. The molecule has 2 heterocycles. The Morgan fingerprint density at radius 2 is 2.17 bits per heavy atom. The van der Waals surface area contributed by atoms with Crippen molar-refractivity contribution in [1.82, 2.24) is 4.90 Å². The molecule has 64 valence electrons. The fourth-order valence-electron chi connectivity index (χ4n) is 1.75. The Morgan fingerprint density at radius 3 is 2.92 bits per heavy atom. The zero-order valence-electron chi connectivity index (χ0n) is 7.91. The fourth-order valence-corrected chi connectivity index (χ4v) is 1.75. The topological polar surface area (TPSA) is 3.24 Å². The lowest BCUT2D eigenvalue weighted by Crippen LogP contribution is -2.31. The molecule has 2 aliphatic heterocycles. The minimum atomic E-state index is 0.889. The van der Waals surface area contributed by atoms with Gasteiger partial charge in [-0.2, -0.15) is 0 Å². The van der Waals surface area contributed by atoms with Crippen LogP contribution in [0.3, 0.4) is 0 Å². The predicted octanol–water partition coefficient (Wildman–Crippen LogP) is 1.30. The highest BCUT2D eigenvalue weighted by Crippen LogP contribution is 2.31. The van der Waals surface area contributed by atoms with Crippen molar-refractivity contribution in [2.24, 2.45) is 0 Å². The van der Waals surface area contributed by atoms with E-state index in [2.05, 4.69) is 50.6 Å². The van der Waals surface area contributed by atoms with E-state index >= 15 is 0 Å². The Labute approximate surface area is 73.7 Å². The molecule has 0 saturated carbocycles. The summed E-state index contributed by atoms with van der Waals surface area (Å²) in [6.45, 7) is 1.03. The number of likely N-dealkylation sites (N-methyl/N-ethyl adjacent to an activating group) is 2. The Balaban J connectivity index is 2.40. The van der Waals surface area contributed by atoms with Crippen molar-refractivity contribution < 1.29 is 4.48 Å². The van der Waals surface area contributed by atoms with Crippen molar-refractivity contribution in [2.75, 3.05) is 27.7 Å². The third-order valence-electron chi connectivity index (χ3n) is 2.48. The number of nitrogens with zero attached hydrogens (tertiary/aromatic N) is 2. The molecule has 0 bridgehead atoms. The third-order valence-corrected chi connectivity index (χ3v) is 2.48. The zero-order chi connectivity index (χ0) is 8.77. The fraction of sp³-hybridized carbons (Fsp3) is 0.400. The van der Waals surface area contributed by atoms with Gasteiger partial charge < -0.3 is 4.90 Å². The number of fused-ring (bicyclic) bond motifs is 1. The predicted molar refractivity (Wildman–Crippen MR) is 50.0 cm³/mol. The van der Waals surface area contributed by atoms with E-state index in [1.807, 2.05) is 0 Å². The van der Waals surface area contributed by atoms with E-state index < -0.39 is 0 Å². The molecule has 0 N–H and O–H groups in total. The van der Waals surface area contributed by atoms with Gasteiger partial charge in [-0.1, -0.05) is 0 Å². The maximum Gasteiger partial charge on any atom is 0.143 e. The van der Waals surface area contributed by atoms with Crippen molar-refractivity contribution in [3.05, 3.63) is 35.8 Å². The second-order valence-corrected chi connectivity index (χ2v) is 3.97. The minimum Gasteiger partial charge on any atom is -0.376 e. The van der Waals surface area contributed by atoms with Crippen LogP contribution in [-0.2, 0) is 0 Å². The van der Waals surface area contributed by atoms with Crippen LogP contribution in [0.15, 0.2) is 35.8 Å².